The van der Waals surface area contributed by atoms with E-state index in [0.29, 0.717) is 17.0 Å². The fraction of sp³-hybridized carbons (Fsp3) is 0.542. The molecule has 166 valence electrons. The Bertz CT molecular complexity index is 914. The van der Waals surface area contributed by atoms with Gasteiger partial charge in [0, 0.05) is 30.3 Å². The molecular formula is C24H31FN4O2. The summed E-state index contributed by atoms with van der Waals surface area (Å²) in [4.78, 5) is 19.2. The van der Waals surface area contributed by atoms with Crippen molar-refractivity contribution in [2.75, 3.05) is 19.6 Å². The second-order valence-corrected chi connectivity index (χ2v) is 9.24. The molecule has 4 rings (SSSR count). The van der Waals surface area contributed by atoms with Crippen LogP contribution in [0.2, 0.25) is 0 Å². The molecule has 4 atom stereocenters. The number of benzene rings is 1. The van der Waals surface area contributed by atoms with Crippen molar-refractivity contribution in [3.8, 4) is 11.4 Å². The zero-order valence-corrected chi connectivity index (χ0v) is 18.3. The molecule has 6 nitrogen and oxygen atoms in total. The summed E-state index contributed by atoms with van der Waals surface area (Å²) in [6.07, 6.45) is 5.32. The van der Waals surface area contributed by atoms with Gasteiger partial charge in [-0.3, -0.25) is 4.79 Å². The molecule has 1 N–H and O–H groups in total. The summed E-state index contributed by atoms with van der Waals surface area (Å²) in [5, 5.41) is 6.86. The first-order valence-electron chi connectivity index (χ1n) is 11.2. The number of aromatic nitrogens is 2. The minimum absolute atomic E-state index is 0.0871. The fourth-order valence-electron chi connectivity index (χ4n) is 4.79. The van der Waals surface area contributed by atoms with Gasteiger partial charge in [0.2, 0.25) is 5.82 Å². The normalized spacial score (nSPS) is 22.8. The van der Waals surface area contributed by atoms with Crippen molar-refractivity contribution in [2.45, 2.75) is 45.6 Å². The number of hydrogen-bond donors (Lipinski definition) is 1. The van der Waals surface area contributed by atoms with Crippen LogP contribution < -0.4 is 5.32 Å². The third-order valence-corrected chi connectivity index (χ3v) is 6.86. The largest absolute Gasteiger partial charge is 0.349 e. The molecule has 2 heterocycles. The lowest BCUT2D eigenvalue weighted by molar-refractivity contribution is 0.0922. The highest BCUT2D eigenvalue weighted by Crippen LogP contribution is 2.36. The molecule has 2 aromatic rings. The zero-order chi connectivity index (χ0) is 22.0. The first kappa shape index (κ1) is 21.7. The molecule has 1 aromatic heterocycles. The maximum absolute atomic E-state index is 13.1. The van der Waals surface area contributed by atoms with Gasteiger partial charge < -0.3 is 14.7 Å². The molecule has 2 aliphatic rings. The zero-order valence-electron chi connectivity index (χ0n) is 18.3. The summed E-state index contributed by atoms with van der Waals surface area (Å²) >= 11 is 0. The Labute approximate surface area is 182 Å². The van der Waals surface area contributed by atoms with Crippen LogP contribution in [0.15, 0.2) is 35.4 Å². The van der Waals surface area contributed by atoms with Gasteiger partial charge in [-0.05, 0) is 69.0 Å². The van der Waals surface area contributed by atoms with Gasteiger partial charge in [0.05, 0.1) is 0 Å². The van der Waals surface area contributed by atoms with Crippen LogP contribution in [-0.2, 0) is 0 Å². The Hall–Kier alpha value is -2.54. The molecule has 2 bridgehead atoms. The van der Waals surface area contributed by atoms with E-state index >= 15 is 0 Å². The minimum atomic E-state index is -0.773. The lowest BCUT2D eigenvalue weighted by Gasteiger charge is -2.33. The molecular weight excluding hydrogens is 395 g/mol. The van der Waals surface area contributed by atoms with Crippen LogP contribution in [0, 0.1) is 17.8 Å². The van der Waals surface area contributed by atoms with Gasteiger partial charge in [-0.25, -0.2) is 4.39 Å². The van der Waals surface area contributed by atoms with Crippen molar-refractivity contribution in [2.24, 2.45) is 17.8 Å². The average Bonchev–Trinajstić information content (AvgIpc) is 3.39. The number of halogens is 1. The van der Waals surface area contributed by atoms with Crippen LogP contribution in [0.25, 0.3) is 17.2 Å². The van der Waals surface area contributed by atoms with Crippen molar-refractivity contribution in [1.29, 1.82) is 0 Å². The number of piperidine rings is 1. The molecule has 1 aromatic carbocycles. The summed E-state index contributed by atoms with van der Waals surface area (Å²) in [6, 6.07) is 6.97. The monoisotopic (exact) mass is 426 g/mol. The number of hydrogen-bond acceptors (Lipinski definition) is 5. The van der Waals surface area contributed by atoms with Gasteiger partial charge in [-0.15, -0.1) is 0 Å². The lowest BCUT2D eigenvalue weighted by Crippen LogP contribution is -2.41. The second-order valence-electron chi connectivity index (χ2n) is 9.24. The minimum Gasteiger partial charge on any atom is -0.349 e. The predicted molar refractivity (Wildman–Crippen MR) is 118 cm³/mol. The van der Waals surface area contributed by atoms with Gasteiger partial charge in [-0.2, -0.15) is 4.98 Å². The van der Waals surface area contributed by atoms with Gasteiger partial charge in [0.25, 0.3) is 11.8 Å². The van der Waals surface area contributed by atoms with E-state index in [9.17, 15) is 9.18 Å². The van der Waals surface area contributed by atoms with Gasteiger partial charge in [-0.1, -0.05) is 30.8 Å². The highest BCUT2D eigenvalue weighted by Gasteiger charge is 2.32. The van der Waals surface area contributed by atoms with Crippen LogP contribution in [0.3, 0.4) is 0 Å². The molecule has 2 unspecified atom stereocenters. The Balaban J connectivity index is 1.27. The Kier molecular flexibility index (Phi) is 6.51. The number of amides is 1. The van der Waals surface area contributed by atoms with E-state index < -0.39 is 5.83 Å². The molecule has 1 aliphatic heterocycles. The van der Waals surface area contributed by atoms with E-state index in [-0.39, 0.29) is 23.7 Å². The summed E-state index contributed by atoms with van der Waals surface area (Å²) in [7, 11) is 0. The van der Waals surface area contributed by atoms with Crippen LogP contribution in [0.1, 0.15) is 55.8 Å². The van der Waals surface area contributed by atoms with E-state index in [1.165, 1.54) is 32.4 Å². The average molecular weight is 427 g/mol. The Morgan fingerprint density at radius 3 is 2.55 bits per heavy atom. The predicted octanol–water partition coefficient (Wildman–Crippen LogP) is 4.55. The number of carbonyl (C=O) groups is 1. The molecule has 1 amide bonds. The van der Waals surface area contributed by atoms with Crippen molar-refractivity contribution in [3.05, 3.63) is 42.3 Å². The van der Waals surface area contributed by atoms with Crippen molar-refractivity contribution < 1.29 is 13.7 Å². The first-order chi connectivity index (χ1) is 14.9. The molecule has 1 saturated carbocycles. The molecule has 1 aliphatic carbocycles. The van der Waals surface area contributed by atoms with E-state index in [2.05, 4.69) is 40.8 Å². The highest BCUT2D eigenvalue weighted by molar-refractivity contribution is 5.94. The third kappa shape index (κ3) is 5.21. The fourth-order valence-corrected chi connectivity index (χ4v) is 4.79. The SMILES string of the molecule is C=C(F)c1nc(-c2ccc(C(=O)N[C@H](C)[C@H](C)CCN3CC4CCC(C4)C3)cc2)no1. The van der Waals surface area contributed by atoms with Gasteiger partial charge in [0.15, 0.2) is 5.83 Å². The van der Waals surface area contributed by atoms with Crippen LogP contribution in [0.4, 0.5) is 4.39 Å². The maximum Gasteiger partial charge on any atom is 0.286 e. The van der Waals surface area contributed by atoms with Crippen LogP contribution in [0.5, 0.6) is 0 Å². The van der Waals surface area contributed by atoms with E-state index in [1.807, 2.05) is 0 Å². The van der Waals surface area contributed by atoms with E-state index in [4.69, 9.17) is 4.52 Å². The standard InChI is InChI=1S/C24H31FN4O2/c1-15(10-11-29-13-18-4-5-19(12-18)14-29)17(3)26-23(30)21-8-6-20(7-9-21)22-27-24(16(2)25)31-28-22/h6-9,15,17-19H,2,4-5,10-14H2,1,3H3,(H,26,30)/t15-,17-,18?,19?/m1/s1. The van der Waals surface area contributed by atoms with E-state index in [0.717, 1.165) is 24.8 Å². The summed E-state index contributed by atoms with van der Waals surface area (Å²) in [5.41, 5.74) is 1.21. The molecule has 7 heteroatoms. The second kappa shape index (κ2) is 9.30. The van der Waals surface area contributed by atoms with Crippen LogP contribution in [-0.4, -0.2) is 46.6 Å². The number of nitrogens with zero attached hydrogens (tertiary/aromatic N) is 3. The number of fused-ring (bicyclic) bond motifs is 2. The third-order valence-electron chi connectivity index (χ3n) is 6.86. The quantitative estimate of drug-likeness (QED) is 0.670. The van der Waals surface area contributed by atoms with Crippen LogP contribution >= 0.6 is 0 Å². The molecule has 31 heavy (non-hydrogen) atoms. The molecule has 0 radical (unpaired) electrons. The number of nitrogens with one attached hydrogen (secondary N) is 1. The summed E-state index contributed by atoms with van der Waals surface area (Å²) in [6.45, 7) is 11.0. The smallest absolute Gasteiger partial charge is 0.286 e. The highest BCUT2D eigenvalue weighted by atomic mass is 19.1. The van der Waals surface area contributed by atoms with Crippen molar-refractivity contribution in [1.82, 2.24) is 20.4 Å². The maximum atomic E-state index is 13.1. The Morgan fingerprint density at radius 2 is 1.94 bits per heavy atom. The lowest BCUT2D eigenvalue weighted by atomic mass is 9.96. The summed E-state index contributed by atoms with van der Waals surface area (Å²) < 4.78 is 17.9. The number of carbonyl (C=O) groups excluding carboxylic acids is 1. The molecule has 1 saturated heterocycles. The molecule has 2 fully saturated rings. The van der Waals surface area contributed by atoms with E-state index in [1.54, 1.807) is 24.3 Å². The topological polar surface area (TPSA) is 71.3 Å². The Morgan fingerprint density at radius 1 is 1.26 bits per heavy atom. The number of rotatable bonds is 8. The van der Waals surface area contributed by atoms with Gasteiger partial charge in [0.1, 0.15) is 0 Å². The first-order valence-corrected chi connectivity index (χ1v) is 11.2. The van der Waals surface area contributed by atoms with Gasteiger partial charge >= 0.3 is 0 Å². The number of likely N-dealkylation sites (tertiary alicyclic amines) is 1. The summed E-state index contributed by atoms with van der Waals surface area (Å²) in [5.74, 6) is 1.35. The van der Waals surface area contributed by atoms with Crippen molar-refractivity contribution in [3.63, 3.8) is 0 Å². The van der Waals surface area contributed by atoms with Crippen molar-refractivity contribution >= 4 is 11.7 Å². The molecule has 0 spiro atoms.